The van der Waals surface area contributed by atoms with Crippen LogP contribution in [0.25, 0.3) is 31.4 Å². The van der Waals surface area contributed by atoms with Crippen LogP contribution >= 0.6 is 11.3 Å². The molecule has 4 aromatic rings. The Morgan fingerprint density at radius 3 is 2.60 bits per heavy atom. The second-order valence-electron chi connectivity index (χ2n) is 4.41. The van der Waals surface area contributed by atoms with Gasteiger partial charge in [0.2, 0.25) is 0 Å². The van der Waals surface area contributed by atoms with Crippen molar-refractivity contribution in [2.24, 2.45) is 0 Å². The first-order valence-corrected chi connectivity index (χ1v) is 6.98. The molecule has 3 heteroatoms. The maximum Gasteiger partial charge on any atom is 0.0347 e. The zero-order valence-corrected chi connectivity index (χ0v) is 13.7. The first-order chi connectivity index (χ1) is 9.43. The van der Waals surface area contributed by atoms with Gasteiger partial charge in [0.1, 0.15) is 0 Å². The van der Waals surface area contributed by atoms with Gasteiger partial charge in [-0.2, -0.15) is 0 Å². The van der Waals surface area contributed by atoms with Crippen molar-refractivity contribution in [2.75, 3.05) is 0 Å². The normalized spacial score (nSPS) is 10.6. The summed E-state index contributed by atoms with van der Waals surface area (Å²) < 4.78 is 2.59. The number of nitrogens with zero attached hydrogens (tertiary/aromatic N) is 1. The molecule has 0 amide bonds. The first-order valence-electron chi connectivity index (χ1n) is 6.17. The van der Waals surface area contributed by atoms with Crippen LogP contribution in [0.4, 0.5) is 0 Å². The molecule has 0 fully saturated rings. The van der Waals surface area contributed by atoms with Crippen LogP contribution < -0.4 is 0 Å². The third-order valence-electron chi connectivity index (χ3n) is 3.25. The molecular formula is C17H10IrNS-. The van der Waals surface area contributed by atoms with Gasteiger partial charge >= 0.3 is 0 Å². The van der Waals surface area contributed by atoms with E-state index in [0.717, 1.165) is 11.3 Å². The van der Waals surface area contributed by atoms with E-state index in [-0.39, 0.29) is 20.1 Å². The number of pyridine rings is 1. The number of hydrogen-bond acceptors (Lipinski definition) is 2. The summed E-state index contributed by atoms with van der Waals surface area (Å²) in [6.45, 7) is 0. The summed E-state index contributed by atoms with van der Waals surface area (Å²) in [6, 6.07) is 21.9. The van der Waals surface area contributed by atoms with E-state index in [0.29, 0.717) is 0 Å². The minimum atomic E-state index is 0. The molecule has 20 heavy (non-hydrogen) atoms. The molecule has 0 atom stereocenters. The molecule has 0 spiro atoms. The number of fused-ring (bicyclic) bond motifs is 3. The average Bonchev–Trinajstić information content (AvgIpc) is 2.86. The predicted molar refractivity (Wildman–Crippen MR) is 81.4 cm³/mol. The minimum absolute atomic E-state index is 0. The molecule has 0 aliphatic heterocycles. The fourth-order valence-electron chi connectivity index (χ4n) is 2.41. The van der Waals surface area contributed by atoms with Crippen molar-refractivity contribution < 1.29 is 20.1 Å². The molecule has 2 aromatic carbocycles. The van der Waals surface area contributed by atoms with Crippen molar-refractivity contribution in [2.45, 2.75) is 0 Å². The number of rotatable bonds is 1. The van der Waals surface area contributed by atoms with Gasteiger partial charge in [0.15, 0.2) is 0 Å². The van der Waals surface area contributed by atoms with Gasteiger partial charge in [0.25, 0.3) is 0 Å². The van der Waals surface area contributed by atoms with Gasteiger partial charge in [-0.15, -0.1) is 47.2 Å². The molecular weight excluding hydrogens is 442 g/mol. The van der Waals surface area contributed by atoms with E-state index in [1.807, 2.05) is 35.7 Å². The quantitative estimate of drug-likeness (QED) is 0.374. The van der Waals surface area contributed by atoms with Crippen molar-refractivity contribution in [3.63, 3.8) is 0 Å². The molecule has 1 nitrogen and oxygen atoms in total. The summed E-state index contributed by atoms with van der Waals surface area (Å²) in [6.07, 6.45) is 1.88. The number of aromatic nitrogens is 1. The summed E-state index contributed by atoms with van der Waals surface area (Å²) >= 11 is 1.82. The molecule has 0 saturated heterocycles. The Labute approximate surface area is 134 Å². The second kappa shape index (κ2) is 5.45. The van der Waals surface area contributed by atoms with Gasteiger partial charge in [-0.05, 0) is 28.6 Å². The summed E-state index contributed by atoms with van der Waals surface area (Å²) in [5, 5.41) is 2.52. The van der Waals surface area contributed by atoms with Crippen molar-refractivity contribution in [3.05, 3.63) is 66.9 Å². The molecule has 2 aromatic heterocycles. The van der Waals surface area contributed by atoms with Crippen LogP contribution in [0.15, 0.2) is 60.8 Å². The van der Waals surface area contributed by atoms with Gasteiger partial charge in [-0.1, -0.05) is 18.2 Å². The van der Waals surface area contributed by atoms with E-state index in [2.05, 4.69) is 47.4 Å². The van der Waals surface area contributed by atoms with E-state index in [4.69, 9.17) is 0 Å². The smallest absolute Gasteiger partial charge is 0.0347 e. The third kappa shape index (κ3) is 2.08. The Hall–Kier alpha value is -1.54. The molecule has 0 unspecified atom stereocenters. The zero-order chi connectivity index (χ0) is 12.7. The summed E-state index contributed by atoms with van der Waals surface area (Å²) in [7, 11) is 0. The van der Waals surface area contributed by atoms with E-state index >= 15 is 0 Å². The molecule has 0 saturated carbocycles. The maximum absolute atomic E-state index is 4.57. The molecule has 0 N–H and O–H groups in total. The Bertz CT molecular complexity index is 868. The van der Waals surface area contributed by atoms with Crippen molar-refractivity contribution >= 4 is 31.5 Å². The molecule has 99 valence electrons. The third-order valence-corrected chi connectivity index (χ3v) is 4.39. The van der Waals surface area contributed by atoms with E-state index in [1.54, 1.807) is 0 Å². The first kappa shape index (κ1) is 13.4. The molecule has 0 aliphatic carbocycles. The number of hydrogen-bond donors (Lipinski definition) is 0. The minimum Gasteiger partial charge on any atom is -0.304 e. The van der Waals surface area contributed by atoms with Gasteiger partial charge in [0, 0.05) is 35.7 Å². The summed E-state index contributed by atoms with van der Waals surface area (Å²) in [5.41, 5.74) is 2.08. The van der Waals surface area contributed by atoms with Crippen LogP contribution in [0.2, 0.25) is 0 Å². The van der Waals surface area contributed by atoms with Crippen LogP contribution in [0.3, 0.4) is 0 Å². The maximum atomic E-state index is 4.57. The Balaban J connectivity index is 0.00000121. The fraction of sp³-hybridized carbons (Fsp3) is 0. The standard InChI is InChI=1S/C17H10NS.Ir/c1-2-6-12(7-3-1)17-16-13-8-4-5-9-14(13)19-15(16)10-11-18-17;/h1-6,8-11H;/q-1;. The Morgan fingerprint density at radius 2 is 1.75 bits per heavy atom. The Morgan fingerprint density at radius 1 is 0.900 bits per heavy atom. The van der Waals surface area contributed by atoms with Crippen LogP contribution in [0.1, 0.15) is 0 Å². The molecule has 2 heterocycles. The summed E-state index contributed by atoms with van der Waals surface area (Å²) in [4.78, 5) is 4.57. The van der Waals surface area contributed by atoms with Crippen molar-refractivity contribution in [1.82, 2.24) is 4.98 Å². The second-order valence-corrected chi connectivity index (χ2v) is 5.49. The predicted octanol–water partition coefficient (Wildman–Crippen LogP) is 4.91. The molecule has 1 radical (unpaired) electrons. The van der Waals surface area contributed by atoms with Gasteiger partial charge < -0.3 is 4.98 Å². The monoisotopic (exact) mass is 453 g/mol. The van der Waals surface area contributed by atoms with Crippen LogP contribution in [0.5, 0.6) is 0 Å². The van der Waals surface area contributed by atoms with E-state index in [9.17, 15) is 0 Å². The van der Waals surface area contributed by atoms with Crippen LogP contribution in [-0.4, -0.2) is 4.98 Å². The topological polar surface area (TPSA) is 12.9 Å². The zero-order valence-electron chi connectivity index (χ0n) is 10.5. The molecule has 4 rings (SSSR count). The van der Waals surface area contributed by atoms with Crippen LogP contribution in [0, 0.1) is 6.07 Å². The molecule has 0 aliphatic rings. The SMILES string of the molecule is [Ir].[c-]1ccccc1-c1nccc2sc3ccccc3c12. The van der Waals surface area contributed by atoms with Gasteiger partial charge in [-0.25, -0.2) is 0 Å². The van der Waals surface area contributed by atoms with E-state index < -0.39 is 0 Å². The van der Waals surface area contributed by atoms with Crippen LogP contribution in [-0.2, 0) is 20.1 Å². The number of benzene rings is 2. The summed E-state index contributed by atoms with van der Waals surface area (Å²) in [5.74, 6) is 0. The largest absolute Gasteiger partial charge is 0.304 e. The van der Waals surface area contributed by atoms with Gasteiger partial charge in [0.05, 0.1) is 0 Å². The van der Waals surface area contributed by atoms with E-state index in [1.165, 1.54) is 20.2 Å². The van der Waals surface area contributed by atoms with Crippen molar-refractivity contribution in [1.29, 1.82) is 0 Å². The van der Waals surface area contributed by atoms with Crippen molar-refractivity contribution in [3.8, 4) is 11.3 Å². The average molecular weight is 453 g/mol. The molecule has 0 bridgehead atoms. The number of thiophene rings is 1. The Kier molecular flexibility index (Phi) is 3.66. The fourth-order valence-corrected chi connectivity index (χ4v) is 3.52. The van der Waals surface area contributed by atoms with Gasteiger partial charge in [-0.3, -0.25) is 0 Å².